The van der Waals surface area contributed by atoms with Gasteiger partial charge in [0, 0.05) is 12.2 Å². The fraction of sp³-hybridized carbons (Fsp3) is 0.667. The first-order valence-electron chi connectivity index (χ1n) is 5.90. The summed E-state index contributed by atoms with van der Waals surface area (Å²) in [5.74, 6) is -0.811. The lowest BCUT2D eigenvalue weighted by Crippen LogP contribution is -2.39. The van der Waals surface area contributed by atoms with E-state index >= 15 is 0 Å². The molecule has 1 amide bonds. The highest BCUT2D eigenvalue weighted by molar-refractivity contribution is 5.94. The van der Waals surface area contributed by atoms with E-state index in [4.69, 9.17) is 5.11 Å². The van der Waals surface area contributed by atoms with E-state index in [1.807, 2.05) is 0 Å². The third kappa shape index (κ3) is 2.26. The molecule has 1 atom stereocenters. The summed E-state index contributed by atoms with van der Waals surface area (Å²) in [5, 5.41) is 8.64. The van der Waals surface area contributed by atoms with E-state index in [1.165, 1.54) is 6.42 Å². The Balaban J connectivity index is 2.10. The predicted molar refractivity (Wildman–Crippen MR) is 58.6 cm³/mol. The topological polar surface area (TPSA) is 57.6 Å². The number of piperidine rings is 1. The van der Waals surface area contributed by atoms with Gasteiger partial charge in [-0.25, -0.2) is 0 Å². The second-order valence-electron chi connectivity index (χ2n) is 4.51. The number of allylic oxidation sites excluding steroid dienone is 2. The monoisotopic (exact) mass is 223 g/mol. The van der Waals surface area contributed by atoms with Gasteiger partial charge in [0.1, 0.15) is 6.42 Å². The van der Waals surface area contributed by atoms with Crippen molar-refractivity contribution in [1.29, 1.82) is 0 Å². The number of carbonyl (C=O) groups excluding carboxylic acids is 1. The second-order valence-corrected chi connectivity index (χ2v) is 4.51. The first kappa shape index (κ1) is 11.2. The number of amides is 1. The molecule has 88 valence electrons. The summed E-state index contributed by atoms with van der Waals surface area (Å²) in [6.45, 7) is 0.689. The minimum absolute atomic E-state index is 0.259. The zero-order valence-electron chi connectivity index (χ0n) is 9.32. The summed E-state index contributed by atoms with van der Waals surface area (Å²) >= 11 is 0. The van der Waals surface area contributed by atoms with Crippen molar-refractivity contribution in [3.05, 3.63) is 11.8 Å². The number of rotatable bonds is 2. The zero-order chi connectivity index (χ0) is 11.5. The fourth-order valence-electron chi connectivity index (χ4n) is 2.67. The van der Waals surface area contributed by atoms with Gasteiger partial charge in [-0.15, -0.1) is 0 Å². The predicted octanol–water partition coefficient (Wildman–Crippen LogP) is 1.77. The molecule has 0 saturated carbocycles. The Kier molecular flexibility index (Phi) is 3.27. The average molecular weight is 223 g/mol. The summed E-state index contributed by atoms with van der Waals surface area (Å²) in [6, 6.07) is 0. The van der Waals surface area contributed by atoms with E-state index in [9.17, 15) is 9.59 Å². The lowest BCUT2D eigenvalue weighted by Gasteiger charge is -2.37. The number of carbonyl (C=O) groups is 2. The number of carboxylic acids is 1. The highest BCUT2D eigenvalue weighted by Gasteiger charge is 2.30. The molecule has 2 aliphatic rings. The highest BCUT2D eigenvalue weighted by atomic mass is 16.4. The first-order valence-corrected chi connectivity index (χ1v) is 5.90. The lowest BCUT2D eigenvalue weighted by atomic mass is 9.85. The van der Waals surface area contributed by atoms with Gasteiger partial charge in [-0.1, -0.05) is 6.08 Å². The summed E-state index contributed by atoms with van der Waals surface area (Å²) in [4.78, 5) is 24.0. The van der Waals surface area contributed by atoms with Gasteiger partial charge < -0.3 is 10.0 Å². The Morgan fingerprint density at radius 3 is 2.88 bits per heavy atom. The molecule has 1 N–H and O–H groups in total. The number of likely N-dealkylation sites (tertiary alicyclic amines) is 1. The van der Waals surface area contributed by atoms with Gasteiger partial charge >= 0.3 is 5.97 Å². The maximum Gasteiger partial charge on any atom is 0.312 e. The van der Waals surface area contributed by atoms with Crippen LogP contribution in [0.1, 0.15) is 38.5 Å². The van der Waals surface area contributed by atoms with Crippen LogP contribution in [0.25, 0.3) is 0 Å². The van der Waals surface area contributed by atoms with Crippen LogP contribution in [0.2, 0.25) is 0 Å². The minimum atomic E-state index is -1.04. The highest BCUT2D eigenvalue weighted by Crippen LogP contribution is 2.35. The number of aliphatic carboxylic acids is 1. The van der Waals surface area contributed by atoms with Gasteiger partial charge in [0.15, 0.2) is 0 Å². The standard InChI is InChI=1S/C12H17NO3/c14-11(8-12(15)16)13-7-3-5-9-4-1-2-6-10(9)13/h6,9H,1-5,7-8H2,(H,15,16). The molecule has 2 rings (SSSR count). The molecule has 16 heavy (non-hydrogen) atoms. The molecule has 1 saturated heterocycles. The molecule has 0 aromatic rings. The molecule has 0 aromatic heterocycles. The van der Waals surface area contributed by atoms with E-state index in [0.717, 1.165) is 31.4 Å². The van der Waals surface area contributed by atoms with Crippen molar-refractivity contribution < 1.29 is 14.7 Å². The maximum atomic E-state index is 11.8. The van der Waals surface area contributed by atoms with Crippen LogP contribution in [0.15, 0.2) is 11.8 Å². The molecule has 0 radical (unpaired) electrons. The molecule has 1 aliphatic heterocycles. The van der Waals surface area contributed by atoms with Crippen molar-refractivity contribution in [2.24, 2.45) is 5.92 Å². The van der Waals surface area contributed by atoms with Gasteiger partial charge in [-0.2, -0.15) is 0 Å². The van der Waals surface area contributed by atoms with Gasteiger partial charge in [-0.05, 0) is 38.0 Å². The average Bonchev–Trinajstić information content (AvgIpc) is 2.27. The van der Waals surface area contributed by atoms with Crippen LogP contribution < -0.4 is 0 Å². The molecular weight excluding hydrogens is 206 g/mol. The Morgan fingerprint density at radius 2 is 2.12 bits per heavy atom. The summed E-state index contributed by atoms with van der Waals surface area (Å²) < 4.78 is 0. The van der Waals surface area contributed by atoms with Crippen LogP contribution in [0.4, 0.5) is 0 Å². The Bertz CT molecular complexity index is 335. The minimum Gasteiger partial charge on any atom is -0.481 e. The van der Waals surface area contributed by atoms with Gasteiger partial charge in [0.05, 0.1) is 0 Å². The van der Waals surface area contributed by atoms with Crippen molar-refractivity contribution >= 4 is 11.9 Å². The molecule has 0 bridgehead atoms. The summed E-state index contributed by atoms with van der Waals surface area (Å²) in [5.41, 5.74) is 1.09. The van der Waals surface area contributed by atoms with Crippen LogP contribution >= 0.6 is 0 Å². The van der Waals surface area contributed by atoms with Crippen LogP contribution in [-0.4, -0.2) is 28.4 Å². The largest absolute Gasteiger partial charge is 0.481 e. The normalized spacial score (nSPS) is 24.6. The lowest BCUT2D eigenvalue weighted by molar-refractivity contribution is -0.143. The van der Waals surface area contributed by atoms with Crippen molar-refractivity contribution in [3.8, 4) is 0 Å². The van der Waals surface area contributed by atoms with Crippen LogP contribution in [0.3, 0.4) is 0 Å². The number of nitrogens with zero attached hydrogens (tertiary/aromatic N) is 1. The van der Waals surface area contributed by atoms with Crippen molar-refractivity contribution in [2.45, 2.75) is 38.5 Å². The van der Waals surface area contributed by atoms with Crippen molar-refractivity contribution in [3.63, 3.8) is 0 Å². The quantitative estimate of drug-likeness (QED) is 0.726. The Morgan fingerprint density at radius 1 is 1.38 bits per heavy atom. The molecule has 0 aromatic carbocycles. The fourth-order valence-corrected chi connectivity index (χ4v) is 2.67. The molecular formula is C12H17NO3. The van der Waals surface area contributed by atoms with Gasteiger partial charge in [0.2, 0.25) is 5.91 Å². The second kappa shape index (κ2) is 4.68. The van der Waals surface area contributed by atoms with Crippen molar-refractivity contribution in [2.75, 3.05) is 6.54 Å². The molecule has 1 aliphatic carbocycles. The molecule has 1 heterocycles. The zero-order valence-corrected chi connectivity index (χ0v) is 9.32. The van der Waals surface area contributed by atoms with Gasteiger partial charge in [0.25, 0.3) is 0 Å². The van der Waals surface area contributed by atoms with Gasteiger partial charge in [-0.3, -0.25) is 9.59 Å². The first-order chi connectivity index (χ1) is 7.68. The summed E-state index contributed by atoms with van der Waals surface area (Å²) in [6.07, 6.45) is 7.22. The number of hydrogen-bond acceptors (Lipinski definition) is 2. The number of carboxylic acid groups (broad SMARTS) is 1. The number of fused-ring (bicyclic) bond motifs is 1. The maximum absolute atomic E-state index is 11.8. The Hall–Kier alpha value is -1.32. The smallest absolute Gasteiger partial charge is 0.312 e. The van der Waals surface area contributed by atoms with Crippen LogP contribution in [0.5, 0.6) is 0 Å². The third-order valence-electron chi connectivity index (χ3n) is 3.38. The van der Waals surface area contributed by atoms with E-state index in [-0.39, 0.29) is 12.3 Å². The van der Waals surface area contributed by atoms with E-state index in [2.05, 4.69) is 6.08 Å². The van der Waals surface area contributed by atoms with Crippen molar-refractivity contribution in [1.82, 2.24) is 4.90 Å². The summed E-state index contributed by atoms with van der Waals surface area (Å²) in [7, 11) is 0. The third-order valence-corrected chi connectivity index (χ3v) is 3.38. The van der Waals surface area contributed by atoms with Crippen LogP contribution in [0, 0.1) is 5.92 Å². The Labute approximate surface area is 94.9 Å². The number of hydrogen-bond donors (Lipinski definition) is 1. The van der Waals surface area contributed by atoms with E-state index in [0.29, 0.717) is 12.5 Å². The molecule has 0 spiro atoms. The molecule has 1 fully saturated rings. The molecule has 1 unspecified atom stereocenters. The molecule has 4 heteroatoms. The van der Waals surface area contributed by atoms with Crippen LogP contribution in [-0.2, 0) is 9.59 Å². The van der Waals surface area contributed by atoms with E-state index < -0.39 is 5.97 Å². The molecule has 4 nitrogen and oxygen atoms in total. The van der Waals surface area contributed by atoms with E-state index in [1.54, 1.807) is 4.90 Å². The SMILES string of the molecule is O=C(O)CC(=O)N1CCCC2CCCC=C21.